The van der Waals surface area contributed by atoms with Gasteiger partial charge in [0.2, 0.25) is 5.91 Å². The van der Waals surface area contributed by atoms with E-state index in [1.807, 2.05) is 0 Å². The lowest BCUT2D eigenvalue weighted by atomic mass is 10.2. The van der Waals surface area contributed by atoms with Gasteiger partial charge >= 0.3 is 5.97 Å². The summed E-state index contributed by atoms with van der Waals surface area (Å²) in [6.45, 7) is 2.05. The van der Waals surface area contributed by atoms with E-state index in [1.54, 1.807) is 11.8 Å². The first-order chi connectivity index (χ1) is 8.54. The van der Waals surface area contributed by atoms with Gasteiger partial charge in [0.1, 0.15) is 0 Å². The van der Waals surface area contributed by atoms with Crippen molar-refractivity contribution in [3.8, 4) is 0 Å². The minimum absolute atomic E-state index is 0.0232. The molecule has 0 radical (unpaired) electrons. The Bertz CT molecular complexity index is 451. The molecule has 0 aliphatic rings. The molecule has 6 heteroatoms. The number of thioether (sulfide) groups is 1. The molecule has 0 aromatic heterocycles. The molecule has 1 aromatic carbocycles. The van der Waals surface area contributed by atoms with Crippen LogP contribution >= 0.6 is 23.4 Å². The lowest BCUT2D eigenvalue weighted by Crippen LogP contribution is -2.14. The van der Waals surface area contributed by atoms with E-state index in [0.29, 0.717) is 11.4 Å². The Hall–Kier alpha value is -1.20. The Kier molecular flexibility index (Phi) is 6.01. The van der Waals surface area contributed by atoms with Crippen LogP contribution in [0.5, 0.6) is 0 Å². The molecule has 0 heterocycles. The fraction of sp³-hybridized carbons (Fsp3) is 0.333. The average molecular weight is 288 g/mol. The smallest absolute Gasteiger partial charge is 0.337 e. The first-order valence-corrected chi connectivity index (χ1v) is 6.98. The summed E-state index contributed by atoms with van der Waals surface area (Å²) in [5, 5.41) is 11.6. The van der Waals surface area contributed by atoms with E-state index >= 15 is 0 Å². The average Bonchev–Trinajstić information content (AvgIpc) is 2.28. The molecule has 0 aliphatic heterocycles. The number of benzene rings is 1. The van der Waals surface area contributed by atoms with E-state index in [2.05, 4.69) is 12.2 Å². The summed E-state index contributed by atoms with van der Waals surface area (Å²) in [6, 6.07) is 4.34. The molecule has 2 N–H and O–H groups in total. The van der Waals surface area contributed by atoms with Gasteiger partial charge in [0.25, 0.3) is 0 Å². The molecule has 1 rings (SSSR count). The third-order valence-electron chi connectivity index (χ3n) is 2.06. The first kappa shape index (κ1) is 14.9. The fourth-order valence-corrected chi connectivity index (χ4v) is 2.22. The molecular weight excluding hydrogens is 274 g/mol. The fourth-order valence-electron chi connectivity index (χ4n) is 1.27. The van der Waals surface area contributed by atoms with Gasteiger partial charge in [-0.05, 0) is 30.4 Å². The summed E-state index contributed by atoms with van der Waals surface area (Å²) in [5.74, 6) is 0.113. The van der Waals surface area contributed by atoms with E-state index in [1.165, 1.54) is 18.2 Å². The number of carboxylic acid groups (broad SMARTS) is 1. The largest absolute Gasteiger partial charge is 0.478 e. The van der Waals surface area contributed by atoms with Crippen LogP contribution in [0.25, 0.3) is 0 Å². The Morgan fingerprint density at radius 3 is 2.72 bits per heavy atom. The molecule has 0 spiro atoms. The standard InChI is InChI=1S/C12H14ClNO3S/c1-2-5-18-7-11(15)14-8-3-4-9(12(16)17)10(13)6-8/h3-4,6H,2,5,7H2,1H3,(H,14,15)(H,16,17). The van der Waals surface area contributed by atoms with E-state index in [4.69, 9.17) is 16.7 Å². The second-order valence-corrected chi connectivity index (χ2v) is 5.11. The lowest BCUT2D eigenvalue weighted by molar-refractivity contribution is -0.113. The predicted molar refractivity (Wildman–Crippen MR) is 74.7 cm³/mol. The number of nitrogens with one attached hydrogen (secondary N) is 1. The third kappa shape index (κ3) is 4.58. The maximum atomic E-state index is 11.5. The molecule has 0 bridgehead atoms. The van der Waals surface area contributed by atoms with Gasteiger partial charge in [0.15, 0.2) is 0 Å². The summed E-state index contributed by atoms with van der Waals surface area (Å²) >= 11 is 7.35. The highest BCUT2D eigenvalue weighted by atomic mass is 35.5. The quantitative estimate of drug-likeness (QED) is 0.789. The van der Waals surface area contributed by atoms with Crippen molar-refractivity contribution in [2.75, 3.05) is 16.8 Å². The van der Waals surface area contributed by atoms with Crippen LogP contribution in [0.2, 0.25) is 5.02 Å². The Morgan fingerprint density at radius 2 is 2.17 bits per heavy atom. The number of hydrogen-bond acceptors (Lipinski definition) is 3. The zero-order valence-electron chi connectivity index (χ0n) is 9.90. The molecule has 0 saturated carbocycles. The number of rotatable bonds is 6. The number of aromatic carboxylic acids is 1. The number of amides is 1. The Balaban J connectivity index is 2.60. The van der Waals surface area contributed by atoms with Crippen molar-refractivity contribution in [3.05, 3.63) is 28.8 Å². The van der Waals surface area contributed by atoms with Crippen molar-refractivity contribution in [2.45, 2.75) is 13.3 Å². The van der Waals surface area contributed by atoms with Crippen molar-refractivity contribution in [1.29, 1.82) is 0 Å². The molecular formula is C12H14ClNO3S. The van der Waals surface area contributed by atoms with Crippen LogP contribution in [-0.2, 0) is 4.79 Å². The monoisotopic (exact) mass is 287 g/mol. The molecule has 0 unspecified atom stereocenters. The van der Waals surface area contributed by atoms with E-state index in [9.17, 15) is 9.59 Å². The highest BCUT2D eigenvalue weighted by molar-refractivity contribution is 7.99. The minimum atomic E-state index is -1.09. The summed E-state index contributed by atoms with van der Waals surface area (Å²) in [5.41, 5.74) is 0.530. The zero-order chi connectivity index (χ0) is 13.5. The van der Waals surface area contributed by atoms with Gasteiger partial charge in [-0.15, -0.1) is 0 Å². The van der Waals surface area contributed by atoms with Crippen LogP contribution < -0.4 is 5.32 Å². The van der Waals surface area contributed by atoms with Crippen molar-refractivity contribution in [2.24, 2.45) is 0 Å². The maximum Gasteiger partial charge on any atom is 0.337 e. The van der Waals surface area contributed by atoms with Crippen molar-refractivity contribution >= 4 is 40.9 Å². The van der Waals surface area contributed by atoms with Crippen LogP contribution in [0.1, 0.15) is 23.7 Å². The van der Waals surface area contributed by atoms with Gasteiger partial charge in [0, 0.05) is 5.69 Å². The third-order valence-corrected chi connectivity index (χ3v) is 3.54. The second kappa shape index (κ2) is 7.28. The number of hydrogen-bond donors (Lipinski definition) is 2. The number of carbonyl (C=O) groups is 2. The Morgan fingerprint density at radius 1 is 1.44 bits per heavy atom. The van der Waals surface area contributed by atoms with Gasteiger partial charge in [-0.3, -0.25) is 4.79 Å². The summed E-state index contributed by atoms with van der Waals surface area (Å²) < 4.78 is 0. The van der Waals surface area contributed by atoms with Crippen molar-refractivity contribution in [1.82, 2.24) is 0 Å². The van der Waals surface area contributed by atoms with Crippen LogP contribution in [0.15, 0.2) is 18.2 Å². The maximum absolute atomic E-state index is 11.5. The topological polar surface area (TPSA) is 66.4 Å². The number of carbonyl (C=O) groups excluding carboxylic acids is 1. The van der Waals surface area contributed by atoms with Crippen LogP contribution in [0.4, 0.5) is 5.69 Å². The van der Waals surface area contributed by atoms with Gasteiger partial charge in [-0.1, -0.05) is 18.5 Å². The van der Waals surface area contributed by atoms with Crippen molar-refractivity contribution < 1.29 is 14.7 Å². The molecule has 0 fully saturated rings. The molecule has 0 aliphatic carbocycles. The van der Waals surface area contributed by atoms with Gasteiger partial charge in [-0.2, -0.15) is 11.8 Å². The predicted octanol–water partition coefficient (Wildman–Crippen LogP) is 3.12. The highest BCUT2D eigenvalue weighted by Gasteiger charge is 2.10. The molecule has 18 heavy (non-hydrogen) atoms. The van der Waals surface area contributed by atoms with E-state index < -0.39 is 5.97 Å². The van der Waals surface area contributed by atoms with Crippen LogP contribution in [0, 0.1) is 0 Å². The highest BCUT2D eigenvalue weighted by Crippen LogP contribution is 2.21. The van der Waals surface area contributed by atoms with Gasteiger partial charge < -0.3 is 10.4 Å². The summed E-state index contributed by atoms with van der Waals surface area (Å²) in [7, 11) is 0. The summed E-state index contributed by atoms with van der Waals surface area (Å²) in [4.78, 5) is 22.3. The minimum Gasteiger partial charge on any atom is -0.478 e. The summed E-state index contributed by atoms with van der Waals surface area (Å²) in [6.07, 6.45) is 1.02. The number of anilines is 1. The van der Waals surface area contributed by atoms with Crippen LogP contribution in [-0.4, -0.2) is 28.5 Å². The second-order valence-electron chi connectivity index (χ2n) is 3.60. The molecule has 4 nitrogen and oxygen atoms in total. The lowest BCUT2D eigenvalue weighted by Gasteiger charge is -2.06. The SMILES string of the molecule is CCCSCC(=O)Nc1ccc(C(=O)O)c(Cl)c1. The number of halogens is 1. The first-order valence-electron chi connectivity index (χ1n) is 5.45. The van der Waals surface area contributed by atoms with Gasteiger partial charge in [-0.25, -0.2) is 4.79 Å². The van der Waals surface area contributed by atoms with E-state index in [0.717, 1.165) is 12.2 Å². The molecule has 0 saturated heterocycles. The molecule has 1 aromatic rings. The van der Waals surface area contributed by atoms with Gasteiger partial charge in [0.05, 0.1) is 16.3 Å². The molecule has 1 amide bonds. The molecule has 98 valence electrons. The van der Waals surface area contributed by atoms with E-state index in [-0.39, 0.29) is 16.5 Å². The molecule has 0 atom stereocenters. The van der Waals surface area contributed by atoms with Crippen LogP contribution in [0.3, 0.4) is 0 Å². The normalized spacial score (nSPS) is 10.1. The zero-order valence-corrected chi connectivity index (χ0v) is 11.5. The number of carboxylic acids is 1. The Labute approximate surface area is 115 Å². The van der Waals surface area contributed by atoms with Crippen molar-refractivity contribution in [3.63, 3.8) is 0 Å².